The van der Waals surface area contributed by atoms with Gasteiger partial charge < -0.3 is 25.0 Å². The molecule has 0 aliphatic carbocycles. The molecule has 0 atom stereocenters. The first-order chi connectivity index (χ1) is 17.3. The number of carbonyl (C=O) groups is 3. The first kappa shape index (κ1) is 28.9. The van der Waals surface area contributed by atoms with E-state index in [9.17, 15) is 14.4 Å². The Morgan fingerprint density at radius 1 is 1.28 bits per heavy atom. The smallest absolute Gasteiger partial charge is 0.352 e. The highest BCUT2D eigenvalue weighted by Crippen LogP contribution is 2.18. The maximum atomic E-state index is 12.0. The summed E-state index contributed by atoms with van der Waals surface area (Å²) in [5.41, 5.74) is 1.77. The number of carboxylic acids is 1. The maximum Gasteiger partial charge on any atom is 0.352 e. The van der Waals surface area contributed by atoms with E-state index in [4.69, 9.17) is 9.84 Å². The molecule has 0 spiro atoms. The number of imidazole rings is 1. The Morgan fingerprint density at radius 3 is 2.61 bits per heavy atom. The molecule has 0 unspecified atom stereocenters. The van der Waals surface area contributed by atoms with Gasteiger partial charge in [0.2, 0.25) is 11.8 Å². The van der Waals surface area contributed by atoms with Crippen molar-refractivity contribution in [3.05, 3.63) is 59.8 Å². The second-order valence-electron chi connectivity index (χ2n) is 8.25. The van der Waals surface area contributed by atoms with E-state index in [0.717, 1.165) is 42.9 Å². The van der Waals surface area contributed by atoms with Crippen LogP contribution in [0.25, 0.3) is 0 Å². The zero-order chi connectivity index (χ0) is 26.3. The predicted octanol–water partition coefficient (Wildman–Crippen LogP) is 2.15. The summed E-state index contributed by atoms with van der Waals surface area (Å²) >= 11 is 1.48. The van der Waals surface area contributed by atoms with Crippen molar-refractivity contribution in [2.24, 2.45) is 0 Å². The van der Waals surface area contributed by atoms with Gasteiger partial charge >= 0.3 is 5.97 Å². The van der Waals surface area contributed by atoms with Gasteiger partial charge in [0, 0.05) is 42.8 Å². The van der Waals surface area contributed by atoms with Crippen LogP contribution in [0.2, 0.25) is 0 Å². The zero-order valence-corrected chi connectivity index (χ0v) is 21.8. The minimum atomic E-state index is -1.14. The summed E-state index contributed by atoms with van der Waals surface area (Å²) in [5.74, 6) is -0.0107. The highest BCUT2D eigenvalue weighted by Gasteiger charge is 2.18. The maximum absolute atomic E-state index is 12.0. The van der Waals surface area contributed by atoms with E-state index in [1.54, 1.807) is 31.6 Å². The third kappa shape index (κ3) is 10.1. The number of likely N-dealkylation sites (N-methyl/N-ethyl adjacent to an activating group) is 1. The highest BCUT2D eigenvalue weighted by atomic mass is 32.2. The van der Waals surface area contributed by atoms with Crippen LogP contribution in [0.4, 0.5) is 0 Å². The summed E-state index contributed by atoms with van der Waals surface area (Å²) in [5, 5.41) is 11.5. The standard InChI is InChI=1S/C16H22N2O4S.C9H13N3O/c1-18(10-12-6-4-5-7-14(12)22-2)11-15(19)17-13(16(20)21)8-9-23-3;13-9(12-3-1-2-4-12)5-8-6-10-7-11-8/h4-8H,9-11H2,1-3H3,(H,17,19)(H,20,21);6-7H,1-5H2,(H,10,11)/b13-8+;. The molecule has 1 saturated heterocycles. The number of amides is 2. The molecule has 2 aromatic rings. The normalized spacial score (nSPS) is 13.2. The fraction of sp³-hybridized carbons (Fsp3) is 0.440. The molecular formula is C25H35N5O5S. The van der Waals surface area contributed by atoms with E-state index in [1.807, 2.05) is 35.4 Å². The number of thioether (sulfide) groups is 1. The number of H-pyrrole nitrogens is 1. The van der Waals surface area contributed by atoms with Crippen LogP contribution in [0, 0.1) is 0 Å². The Hall–Kier alpha value is -3.31. The van der Waals surface area contributed by atoms with Gasteiger partial charge in [0.15, 0.2) is 0 Å². The van der Waals surface area contributed by atoms with Gasteiger partial charge in [0.25, 0.3) is 0 Å². The number of carbonyl (C=O) groups excluding carboxylic acids is 2. The Bertz CT molecular complexity index is 1010. The Labute approximate surface area is 216 Å². The van der Waals surface area contributed by atoms with E-state index in [1.165, 1.54) is 17.8 Å². The lowest BCUT2D eigenvalue weighted by molar-refractivity contribution is -0.134. The first-order valence-corrected chi connectivity index (χ1v) is 13.0. The monoisotopic (exact) mass is 517 g/mol. The van der Waals surface area contributed by atoms with E-state index >= 15 is 0 Å². The number of carboxylic acid groups (broad SMARTS) is 1. The number of nitrogens with one attached hydrogen (secondary N) is 2. The Balaban J connectivity index is 0.000000293. The van der Waals surface area contributed by atoms with Gasteiger partial charge in [-0.1, -0.05) is 18.2 Å². The number of nitrogens with zero attached hydrogens (tertiary/aromatic N) is 3. The predicted molar refractivity (Wildman–Crippen MR) is 140 cm³/mol. The molecule has 196 valence electrons. The van der Waals surface area contributed by atoms with Crippen molar-refractivity contribution in [2.75, 3.05) is 45.8 Å². The largest absolute Gasteiger partial charge is 0.496 e. The minimum Gasteiger partial charge on any atom is -0.496 e. The lowest BCUT2D eigenvalue weighted by Crippen LogP contribution is -2.36. The molecule has 3 rings (SSSR count). The molecule has 1 aliphatic rings. The summed E-state index contributed by atoms with van der Waals surface area (Å²) in [6.45, 7) is 2.45. The molecule has 0 radical (unpaired) electrons. The quantitative estimate of drug-likeness (QED) is 0.387. The average Bonchev–Trinajstić information content (AvgIpc) is 3.57. The van der Waals surface area contributed by atoms with Gasteiger partial charge in [-0.15, -0.1) is 0 Å². The van der Waals surface area contributed by atoms with Crippen LogP contribution < -0.4 is 10.1 Å². The molecule has 2 heterocycles. The number of benzene rings is 1. The number of likely N-dealkylation sites (tertiary alicyclic amines) is 1. The van der Waals surface area contributed by atoms with Gasteiger partial charge in [-0.25, -0.2) is 9.78 Å². The van der Waals surface area contributed by atoms with Crippen LogP contribution in [0.3, 0.4) is 0 Å². The summed E-state index contributed by atoms with van der Waals surface area (Å²) in [7, 11) is 3.39. The van der Waals surface area contributed by atoms with Crippen LogP contribution in [0.15, 0.2) is 48.6 Å². The average molecular weight is 518 g/mol. The van der Waals surface area contributed by atoms with Crippen LogP contribution in [-0.2, 0) is 27.3 Å². The third-order valence-corrected chi connectivity index (χ3v) is 5.86. The van der Waals surface area contributed by atoms with E-state index < -0.39 is 5.97 Å². The van der Waals surface area contributed by atoms with Crippen molar-refractivity contribution in [2.45, 2.75) is 25.8 Å². The molecule has 0 saturated carbocycles. The van der Waals surface area contributed by atoms with Gasteiger partial charge in [-0.05, 0) is 38.3 Å². The second-order valence-corrected chi connectivity index (χ2v) is 9.16. The van der Waals surface area contributed by atoms with Crippen molar-refractivity contribution in [3.8, 4) is 5.75 Å². The summed E-state index contributed by atoms with van der Waals surface area (Å²) in [4.78, 5) is 45.2. The lowest BCUT2D eigenvalue weighted by atomic mass is 10.2. The molecule has 2 amide bonds. The summed E-state index contributed by atoms with van der Waals surface area (Å²) in [6, 6.07) is 7.56. The number of ether oxygens (including phenoxy) is 1. The molecular weight excluding hydrogens is 482 g/mol. The van der Waals surface area contributed by atoms with Crippen LogP contribution in [0.5, 0.6) is 5.75 Å². The number of hydrogen-bond acceptors (Lipinski definition) is 7. The molecule has 3 N–H and O–H groups in total. The molecule has 1 aliphatic heterocycles. The fourth-order valence-corrected chi connectivity index (χ4v) is 3.93. The van der Waals surface area contributed by atoms with Crippen LogP contribution >= 0.6 is 11.8 Å². The summed E-state index contributed by atoms with van der Waals surface area (Å²) < 4.78 is 5.28. The highest BCUT2D eigenvalue weighted by molar-refractivity contribution is 7.98. The van der Waals surface area contributed by atoms with Gasteiger partial charge in [0.1, 0.15) is 11.4 Å². The van der Waals surface area contributed by atoms with Crippen molar-refractivity contribution in [3.63, 3.8) is 0 Å². The molecule has 11 heteroatoms. The number of para-hydroxylation sites is 1. The second kappa shape index (κ2) is 15.6. The van der Waals surface area contributed by atoms with Crippen molar-refractivity contribution >= 4 is 29.5 Å². The van der Waals surface area contributed by atoms with Crippen molar-refractivity contribution < 1.29 is 24.2 Å². The Kier molecular flexibility index (Phi) is 12.6. The van der Waals surface area contributed by atoms with Gasteiger partial charge in [0.05, 0.1) is 26.4 Å². The number of aromatic amines is 1. The number of methoxy groups -OCH3 is 1. The molecule has 0 bridgehead atoms. The van der Waals surface area contributed by atoms with Gasteiger partial charge in [-0.2, -0.15) is 11.8 Å². The number of aliphatic carboxylic acids is 1. The number of aromatic nitrogens is 2. The molecule has 1 aromatic carbocycles. The van der Waals surface area contributed by atoms with Crippen molar-refractivity contribution in [1.29, 1.82) is 0 Å². The van der Waals surface area contributed by atoms with Crippen LogP contribution in [-0.4, -0.2) is 88.5 Å². The fourth-order valence-electron chi connectivity index (χ4n) is 3.60. The van der Waals surface area contributed by atoms with E-state index in [-0.39, 0.29) is 24.1 Å². The van der Waals surface area contributed by atoms with E-state index in [2.05, 4.69) is 15.3 Å². The zero-order valence-electron chi connectivity index (χ0n) is 21.0. The minimum absolute atomic E-state index is 0.0853. The topological polar surface area (TPSA) is 128 Å². The molecule has 1 fully saturated rings. The number of hydrogen-bond donors (Lipinski definition) is 3. The first-order valence-electron chi connectivity index (χ1n) is 11.6. The van der Waals surface area contributed by atoms with E-state index in [0.29, 0.717) is 18.7 Å². The molecule has 36 heavy (non-hydrogen) atoms. The summed E-state index contributed by atoms with van der Waals surface area (Å²) in [6.07, 6.45) is 9.41. The SMILES string of the molecule is COc1ccccc1CN(C)CC(=O)N/C(=C/CSC)C(=O)O.O=C(Cc1cnc[nH]1)N1CCCC1. The number of rotatable bonds is 11. The van der Waals surface area contributed by atoms with Crippen molar-refractivity contribution in [1.82, 2.24) is 25.1 Å². The molecule has 1 aromatic heterocycles. The lowest BCUT2D eigenvalue weighted by Gasteiger charge is -2.18. The van der Waals surface area contributed by atoms with Crippen LogP contribution in [0.1, 0.15) is 24.1 Å². The molecule has 10 nitrogen and oxygen atoms in total. The third-order valence-electron chi connectivity index (χ3n) is 5.36. The van der Waals surface area contributed by atoms with Gasteiger partial charge in [-0.3, -0.25) is 14.5 Å². The Morgan fingerprint density at radius 2 is 2.00 bits per heavy atom.